The van der Waals surface area contributed by atoms with Gasteiger partial charge in [0.15, 0.2) is 5.82 Å². The minimum atomic E-state index is 0.721. The van der Waals surface area contributed by atoms with Gasteiger partial charge in [-0.1, -0.05) is 6.07 Å². The molecule has 3 aromatic rings. The van der Waals surface area contributed by atoms with Crippen molar-refractivity contribution in [1.29, 1.82) is 0 Å². The fourth-order valence-electron chi connectivity index (χ4n) is 3.66. The van der Waals surface area contributed by atoms with Gasteiger partial charge >= 0.3 is 0 Å². The highest BCUT2D eigenvalue weighted by Gasteiger charge is 2.14. The number of ether oxygens (including phenoxy) is 2. The first-order chi connectivity index (χ1) is 15.3. The van der Waals surface area contributed by atoms with E-state index in [4.69, 9.17) is 9.47 Å². The van der Waals surface area contributed by atoms with E-state index in [0.717, 1.165) is 75.2 Å². The van der Waals surface area contributed by atoms with E-state index in [0.29, 0.717) is 0 Å². The van der Waals surface area contributed by atoms with Crippen molar-refractivity contribution in [3.8, 4) is 17.1 Å². The van der Waals surface area contributed by atoms with Crippen molar-refractivity contribution in [2.75, 3.05) is 46.5 Å². The summed E-state index contributed by atoms with van der Waals surface area (Å²) in [7, 11) is 1.66. The number of pyridine rings is 1. The summed E-state index contributed by atoms with van der Waals surface area (Å²) in [4.78, 5) is 18.3. The third kappa shape index (κ3) is 6.30. The Bertz CT molecular complexity index is 913. The maximum Gasteiger partial charge on any atom is 0.159 e. The van der Waals surface area contributed by atoms with E-state index in [9.17, 15) is 0 Å². The summed E-state index contributed by atoms with van der Waals surface area (Å²) in [5.74, 6) is 1.55. The van der Waals surface area contributed by atoms with E-state index in [-0.39, 0.29) is 0 Å². The molecule has 1 aliphatic rings. The molecular formula is C24H29N5O2. The standard InChI is InChI=1S/C24H29N5O2/c1-30-23-6-4-22(5-7-23)24-26-16-21(17-27-24)19-29(18-20-3-2-8-25-15-20)10-9-28-11-13-31-14-12-28/h2-8,15-17H,9-14,18-19H2,1H3. The highest BCUT2D eigenvalue weighted by molar-refractivity contribution is 5.55. The van der Waals surface area contributed by atoms with Gasteiger partial charge < -0.3 is 9.47 Å². The van der Waals surface area contributed by atoms with Gasteiger partial charge in [0.05, 0.1) is 20.3 Å². The minimum absolute atomic E-state index is 0.721. The maximum absolute atomic E-state index is 5.47. The normalized spacial score (nSPS) is 14.6. The molecule has 0 saturated carbocycles. The molecule has 1 aliphatic heterocycles. The first-order valence-electron chi connectivity index (χ1n) is 10.7. The van der Waals surface area contributed by atoms with Crippen molar-refractivity contribution in [3.05, 3.63) is 72.3 Å². The molecule has 1 saturated heterocycles. The van der Waals surface area contributed by atoms with Crippen molar-refractivity contribution in [2.24, 2.45) is 0 Å². The number of rotatable bonds is 9. The molecule has 0 unspecified atom stereocenters. The number of benzene rings is 1. The number of morpholine rings is 1. The summed E-state index contributed by atoms with van der Waals surface area (Å²) in [5, 5.41) is 0. The van der Waals surface area contributed by atoms with Crippen molar-refractivity contribution >= 4 is 0 Å². The lowest BCUT2D eigenvalue weighted by Gasteiger charge is -2.30. The summed E-state index contributed by atoms with van der Waals surface area (Å²) in [6.45, 7) is 7.28. The van der Waals surface area contributed by atoms with E-state index < -0.39 is 0 Å². The molecule has 2 aromatic heterocycles. The second kappa shape index (κ2) is 10.9. The van der Waals surface area contributed by atoms with Gasteiger partial charge in [0, 0.05) is 75.2 Å². The molecule has 0 aliphatic carbocycles. The monoisotopic (exact) mass is 419 g/mol. The van der Waals surface area contributed by atoms with Crippen LogP contribution in [0.25, 0.3) is 11.4 Å². The zero-order valence-electron chi connectivity index (χ0n) is 18.0. The van der Waals surface area contributed by atoms with Crippen molar-refractivity contribution in [3.63, 3.8) is 0 Å². The van der Waals surface area contributed by atoms with Gasteiger partial charge in [-0.25, -0.2) is 9.97 Å². The van der Waals surface area contributed by atoms with Crippen LogP contribution in [0.4, 0.5) is 0 Å². The molecule has 162 valence electrons. The summed E-state index contributed by atoms with van der Waals surface area (Å²) in [5.41, 5.74) is 3.29. The summed E-state index contributed by atoms with van der Waals surface area (Å²) < 4.78 is 10.7. The molecule has 4 rings (SSSR count). The van der Waals surface area contributed by atoms with Crippen molar-refractivity contribution in [1.82, 2.24) is 24.8 Å². The van der Waals surface area contributed by atoms with Crippen LogP contribution in [-0.2, 0) is 17.8 Å². The number of hydrogen-bond acceptors (Lipinski definition) is 7. The Morgan fingerprint density at radius 1 is 0.968 bits per heavy atom. The molecule has 1 aromatic carbocycles. The van der Waals surface area contributed by atoms with Crippen LogP contribution in [-0.4, -0.2) is 71.3 Å². The lowest BCUT2D eigenvalue weighted by molar-refractivity contribution is 0.0325. The molecule has 0 N–H and O–H groups in total. The van der Waals surface area contributed by atoms with Gasteiger partial charge in [-0.3, -0.25) is 14.8 Å². The Labute approximate surface area is 183 Å². The quantitative estimate of drug-likeness (QED) is 0.528. The number of nitrogens with zero attached hydrogens (tertiary/aromatic N) is 5. The molecule has 0 amide bonds. The molecule has 7 heteroatoms. The van der Waals surface area contributed by atoms with E-state index >= 15 is 0 Å². The van der Waals surface area contributed by atoms with Crippen molar-refractivity contribution < 1.29 is 9.47 Å². The number of methoxy groups -OCH3 is 1. The van der Waals surface area contributed by atoms with Crippen LogP contribution < -0.4 is 4.74 Å². The van der Waals surface area contributed by atoms with Crippen LogP contribution in [0.5, 0.6) is 5.75 Å². The number of hydrogen-bond donors (Lipinski definition) is 0. The van der Waals surface area contributed by atoms with Gasteiger partial charge in [0.25, 0.3) is 0 Å². The average Bonchev–Trinajstić information content (AvgIpc) is 2.84. The molecular weight excluding hydrogens is 390 g/mol. The van der Waals surface area contributed by atoms with E-state index in [1.54, 1.807) is 7.11 Å². The van der Waals surface area contributed by atoms with Crippen molar-refractivity contribution in [2.45, 2.75) is 13.1 Å². The van der Waals surface area contributed by atoms with Crippen LogP contribution in [0.1, 0.15) is 11.1 Å². The summed E-state index contributed by atoms with van der Waals surface area (Å²) in [6, 6.07) is 11.9. The Morgan fingerprint density at radius 2 is 1.71 bits per heavy atom. The van der Waals surface area contributed by atoms with Crippen LogP contribution >= 0.6 is 0 Å². The topological polar surface area (TPSA) is 63.6 Å². The van der Waals surface area contributed by atoms with E-state index in [1.807, 2.05) is 55.1 Å². The zero-order valence-corrected chi connectivity index (χ0v) is 18.0. The minimum Gasteiger partial charge on any atom is -0.497 e. The van der Waals surface area contributed by atoms with Gasteiger partial charge in [-0.05, 0) is 35.9 Å². The predicted molar refractivity (Wildman–Crippen MR) is 120 cm³/mol. The largest absolute Gasteiger partial charge is 0.497 e. The Hall–Kier alpha value is -2.87. The second-order valence-corrected chi connectivity index (χ2v) is 7.67. The zero-order chi connectivity index (χ0) is 21.3. The molecule has 0 atom stereocenters. The van der Waals surface area contributed by atoms with Crippen LogP contribution in [0.15, 0.2) is 61.2 Å². The Balaban J connectivity index is 1.41. The summed E-state index contributed by atoms with van der Waals surface area (Å²) in [6.07, 6.45) is 7.60. The molecule has 0 radical (unpaired) electrons. The highest BCUT2D eigenvalue weighted by Crippen LogP contribution is 2.19. The van der Waals surface area contributed by atoms with Gasteiger partial charge in [0.1, 0.15) is 5.75 Å². The molecule has 31 heavy (non-hydrogen) atoms. The Morgan fingerprint density at radius 3 is 2.39 bits per heavy atom. The fourth-order valence-corrected chi connectivity index (χ4v) is 3.66. The lowest BCUT2D eigenvalue weighted by Crippen LogP contribution is -2.41. The third-order valence-electron chi connectivity index (χ3n) is 5.42. The number of aromatic nitrogens is 3. The second-order valence-electron chi connectivity index (χ2n) is 7.67. The summed E-state index contributed by atoms with van der Waals surface area (Å²) >= 11 is 0. The smallest absolute Gasteiger partial charge is 0.159 e. The molecule has 0 spiro atoms. The maximum atomic E-state index is 5.47. The fraction of sp³-hybridized carbons (Fsp3) is 0.375. The van der Waals surface area contributed by atoms with E-state index in [2.05, 4.69) is 30.8 Å². The predicted octanol–water partition coefficient (Wildman–Crippen LogP) is 2.88. The van der Waals surface area contributed by atoms with Crippen LogP contribution in [0.2, 0.25) is 0 Å². The molecule has 7 nitrogen and oxygen atoms in total. The molecule has 1 fully saturated rings. The lowest BCUT2D eigenvalue weighted by atomic mass is 10.2. The average molecular weight is 420 g/mol. The molecule has 3 heterocycles. The van der Waals surface area contributed by atoms with Gasteiger partial charge in [-0.15, -0.1) is 0 Å². The SMILES string of the molecule is COc1ccc(-c2ncc(CN(CCN3CCOCC3)Cc3cccnc3)cn2)cc1. The van der Waals surface area contributed by atoms with Crippen LogP contribution in [0.3, 0.4) is 0 Å². The first kappa shape index (κ1) is 21.4. The highest BCUT2D eigenvalue weighted by atomic mass is 16.5. The van der Waals surface area contributed by atoms with E-state index in [1.165, 1.54) is 5.56 Å². The Kier molecular flexibility index (Phi) is 7.55. The van der Waals surface area contributed by atoms with Gasteiger partial charge in [0.2, 0.25) is 0 Å². The first-order valence-corrected chi connectivity index (χ1v) is 10.7. The van der Waals surface area contributed by atoms with Crippen LogP contribution in [0, 0.1) is 0 Å². The molecule has 0 bridgehead atoms. The third-order valence-corrected chi connectivity index (χ3v) is 5.42. The van der Waals surface area contributed by atoms with Gasteiger partial charge in [-0.2, -0.15) is 0 Å².